The molecule has 1 aromatic heterocycles. The fraction of sp³-hybridized carbons (Fsp3) is 0.0833. The number of hydrogen-bond donors (Lipinski definition) is 0. The van der Waals surface area contributed by atoms with Gasteiger partial charge in [0.2, 0.25) is 5.78 Å². The summed E-state index contributed by atoms with van der Waals surface area (Å²) >= 11 is 3.74. The van der Waals surface area contributed by atoms with E-state index in [9.17, 15) is 4.79 Å². The Morgan fingerprint density at radius 1 is 1.20 bits per heavy atom. The third-order valence-corrected chi connectivity index (χ3v) is 3.91. The third kappa shape index (κ3) is 2.29. The van der Waals surface area contributed by atoms with Crippen LogP contribution in [0.3, 0.4) is 0 Å². The second-order valence-corrected chi connectivity index (χ2v) is 5.43. The van der Waals surface area contributed by atoms with Crippen LogP contribution in [-0.4, -0.2) is 5.78 Å². The van der Waals surface area contributed by atoms with Crippen LogP contribution in [0.2, 0.25) is 0 Å². The summed E-state index contributed by atoms with van der Waals surface area (Å²) in [5.74, 6) is 0.124. The van der Waals surface area contributed by atoms with Crippen molar-refractivity contribution in [3.8, 4) is 0 Å². The minimum Gasteiger partial charge on any atom is -0.288 e. The van der Waals surface area contributed by atoms with Gasteiger partial charge in [-0.05, 0) is 70.8 Å². The average Bonchev–Trinajstić information content (AvgIpc) is 2.65. The first-order valence-electron chi connectivity index (χ1n) is 4.53. The summed E-state index contributed by atoms with van der Waals surface area (Å²) in [7, 11) is 0. The summed E-state index contributed by atoms with van der Waals surface area (Å²) in [4.78, 5) is 12.9. The summed E-state index contributed by atoms with van der Waals surface area (Å²) in [5.41, 5.74) is 1.82. The van der Waals surface area contributed by atoms with Crippen LogP contribution in [0.1, 0.15) is 20.8 Å². The van der Waals surface area contributed by atoms with Crippen molar-refractivity contribution < 1.29 is 4.79 Å². The quantitative estimate of drug-likeness (QED) is 0.604. The molecule has 76 valence electrons. The van der Waals surface area contributed by atoms with Crippen LogP contribution in [0.25, 0.3) is 0 Å². The van der Waals surface area contributed by atoms with Crippen LogP contribution in [0.5, 0.6) is 0 Å². The Morgan fingerprint density at radius 2 is 1.87 bits per heavy atom. The lowest BCUT2D eigenvalue weighted by molar-refractivity contribution is 0.104. The predicted octanol–water partition coefficient (Wildman–Crippen LogP) is 3.89. The van der Waals surface area contributed by atoms with Gasteiger partial charge in [-0.3, -0.25) is 4.79 Å². The number of hydrogen-bond acceptors (Lipinski definition) is 2. The molecule has 15 heavy (non-hydrogen) atoms. The van der Waals surface area contributed by atoms with Crippen molar-refractivity contribution >= 4 is 39.7 Å². The van der Waals surface area contributed by atoms with Crippen LogP contribution in [0.15, 0.2) is 35.7 Å². The van der Waals surface area contributed by atoms with Gasteiger partial charge >= 0.3 is 0 Å². The molecule has 0 saturated carbocycles. The van der Waals surface area contributed by atoms with Crippen molar-refractivity contribution in [2.45, 2.75) is 6.92 Å². The van der Waals surface area contributed by atoms with Gasteiger partial charge in [-0.1, -0.05) is 0 Å². The van der Waals surface area contributed by atoms with Crippen LogP contribution in [0.4, 0.5) is 0 Å². The molecule has 3 heteroatoms. The van der Waals surface area contributed by atoms with Crippen molar-refractivity contribution in [1.82, 2.24) is 0 Å². The number of halogens is 1. The fourth-order valence-corrected chi connectivity index (χ4v) is 2.58. The molecule has 0 spiro atoms. The molecule has 0 N–H and O–H groups in total. The van der Waals surface area contributed by atoms with Gasteiger partial charge in [0.25, 0.3) is 0 Å². The first-order valence-corrected chi connectivity index (χ1v) is 6.48. The molecule has 0 aliphatic carbocycles. The van der Waals surface area contributed by atoms with Gasteiger partial charge in [-0.15, -0.1) is 11.3 Å². The predicted molar refractivity (Wildman–Crippen MR) is 71.6 cm³/mol. The van der Waals surface area contributed by atoms with E-state index in [1.165, 1.54) is 11.3 Å². The third-order valence-electron chi connectivity index (χ3n) is 2.17. The first kappa shape index (κ1) is 10.8. The molecule has 0 fully saturated rings. The van der Waals surface area contributed by atoms with E-state index in [-0.39, 0.29) is 5.78 Å². The van der Waals surface area contributed by atoms with Crippen molar-refractivity contribution in [2.75, 3.05) is 0 Å². The van der Waals surface area contributed by atoms with Gasteiger partial charge in [0.1, 0.15) is 0 Å². The Labute approximate surface area is 106 Å². The number of rotatable bonds is 2. The van der Waals surface area contributed by atoms with E-state index in [4.69, 9.17) is 0 Å². The maximum absolute atomic E-state index is 12.0. The number of carbonyl (C=O) groups excluding carboxylic acids is 1. The van der Waals surface area contributed by atoms with Crippen molar-refractivity contribution in [1.29, 1.82) is 0 Å². The zero-order valence-electron chi connectivity index (χ0n) is 8.16. The Hall–Kier alpha value is -0.680. The molecule has 2 aromatic rings. The second kappa shape index (κ2) is 4.45. The minimum atomic E-state index is 0.124. The zero-order chi connectivity index (χ0) is 10.8. The molecular weight excluding hydrogens is 319 g/mol. The highest BCUT2D eigenvalue weighted by Gasteiger charge is 2.12. The average molecular weight is 328 g/mol. The van der Waals surface area contributed by atoms with E-state index in [0.717, 1.165) is 19.6 Å². The highest BCUT2D eigenvalue weighted by molar-refractivity contribution is 14.1. The molecular formula is C12H9IOS. The summed E-state index contributed by atoms with van der Waals surface area (Å²) < 4.78 is 1.15. The monoisotopic (exact) mass is 328 g/mol. The summed E-state index contributed by atoms with van der Waals surface area (Å²) in [6.07, 6.45) is 0. The highest BCUT2D eigenvalue weighted by Crippen LogP contribution is 2.20. The molecule has 1 aromatic carbocycles. The lowest BCUT2D eigenvalue weighted by atomic mass is 10.1. The summed E-state index contributed by atoms with van der Waals surface area (Å²) in [6.45, 7) is 1.97. The molecule has 0 atom stereocenters. The molecule has 0 aliphatic heterocycles. The zero-order valence-corrected chi connectivity index (χ0v) is 11.1. The van der Waals surface area contributed by atoms with E-state index in [1.54, 1.807) is 0 Å². The van der Waals surface area contributed by atoms with Gasteiger partial charge in [0.05, 0.1) is 4.88 Å². The van der Waals surface area contributed by atoms with Crippen LogP contribution in [-0.2, 0) is 0 Å². The van der Waals surface area contributed by atoms with Gasteiger partial charge in [-0.2, -0.15) is 0 Å². The molecule has 0 unspecified atom stereocenters. The smallest absolute Gasteiger partial charge is 0.203 e. The molecule has 0 radical (unpaired) electrons. The number of aryl methyl sites for hydroxylation is 1. The normalized spacial score (nSPS) is 10.3. The lowest BCUT2D eigenvalue weighted by Gasteiger charge is -1.99. The second-order valence-electron chi connectivity index (χ2n) is 3.27. The summed E-state index contributed by atoms with van der Waals surface area (Å²) in [6, 6.07) is 9.64. The standard InChI is InChI=1S/C12H9IOS/c1-8-6-7-15-12(8)11(14)9-2-4-10(13)5-3-9/h2-7H,1H3. The molecule has 0 saturated heterocycles. The Kier molecular flexibility index (Phi) is 3.21. The number of carbonyl (C=O) groups is 1. The molecule has 1 heterocycles. The molecule has 2 rings (SSSR count). The molecule has 1 nitrogen and oxygen atoms in total. The Morgan fingerprint density at radius 3 is 2.40 bits per heavy atom. The van der Waals surface area contributed by atoms with E-state index in [2.05, 4.69) is 22.6 Å². The van der Waals surface area contributed by atoms with Crippen LogP contribution < -0.4 is 0 Å². The maximum Gasteiger partial charge on any atom is 0.203 e. The van der Waals surface area contributed by atoms with Gasteiger partial charge in [-0.25, -0.2) is 0 Å². The molecule has 0 amide bonds. The number of ketones is 1. The maximum atomic E-state index is 12.0. The largest absolute Gasteiger partial charge is 0.288 e. The number of benzene rings is 1. The number of thiophene rings is 1. The van der Waals surface area contributed by atoms with Gasteiger partial charge < -0.3 is 0 Å². The van der Waals surface area contributed by atoms with E-state index in [1.807, 2.05) is 42.6 Å². The van der Waals surface area contributed by atoms with Gasteiger partial charge in [0.15, 0.2) is 0 Å². The van der Waals surface area contributed by atoms with Crippen molar-refractivity contribution in [2.24, 2.45) is 0 Å². The lowest BCUT2D eigenvalue weighted by Crippen LogP contribution is -1.99. The van der Waals surface area contributed by atoms with Gasteiger partial charge in [0, 0.05) is 9.13 Å². The van der Waals surface area contributed by atoms with E-state index in [0.29, 0.717) is 0 Å². The highest BCUT2D eigenvalue weighted by atomic mass is 127. The fourth-order valence-electron chi connectivity index (χ4n) is 1.34. The van der Waals surface area contributed by atoms with E-state index < -0.39 is 0 Å². The Bertz CT molecular complexity index is 485. The Balaban J connectivity index is 2.37. The first-order chi connectivity index (χ1) is 7.18. The van der Waals surface area contributed by atoms with Crippen LogP contribution in [0, 0.1) is 10.5 Å². The minimum absolute atomic E-state index is 0.124. The van der Waals surface area contributed by atoms with Crippen molar-refractivity contribution in [3.05, 3.63) is 55.3 Å². The van der Waals surface area contributed by atoms with Crippen molar-refractivity contribution in [3.63, 3.8) is 0 Å². The molecule has 0 aliphatic rings. The van der Waals surface area contributed by atoms with Crippen LogP contribution >= 0.6 is 33.9 Å². The molecule has 0 bridgehead atoms. The topological polar surface area (TPSA) is 17.1 Å². The van der Waals surface area contributed by atoms with E-state index >= 15 is 0 Å². The SMILES string of the molecule is Cc1ccsc1C(=O)c1ccc(I)cc1. The summed E-state index contributed by atoms with van der Waals surface area (Å²) in [5, 5.41) is 1.95.